The number of aryl methyl sites for hydroxylation is 1. The molecule has 0 aliphatic carbocycles. The van der Waals surface area contributed by atoms with Crippen LogP contribution in [0.5, 0.6) is 5.75 Å². The van der Waals surface area contributed by atoms with E-state index in [0.717, 1.165) is 12.8 Å². The maximum atomic E-state index is 13.3. The summed E-state index contributed by atoms with van der Waals surface area (Å²) < 4.78 is 5.86. The number of urea groups is 1. The third kappa shape index (κ3) is 5.80. The maximum Gasteiger partial charge on any atom is 0.324 e. The van der Waals surface area contributed by atoms with E-state index in [2.05, 4.69) is 24.4 Å². The first-order valence-electron chi connectivity index (χ1n) is 11.8. The molecule has 2 aromatic carbocycles. The number of carbonyl (C=O) groups is 2. The average molecular weight is 470 g/mol. The molecule has 0 saturated carbocycles. The molecule has 7 heteroatoms. The molecule has 2 heterocycles. The van der Waals surface area contributed by atoms with Gasteiger partial charge < -0.3 is 15.0 Å². The van der Waals surface area contributed by atoms with Crippen LogP contribution in [-0.4, -0.2) is 48.6 Å². The van der Waals surface area contributed by atoms with Crippen molar-refractivity contribution in [3.05, 3.63) is 59.1 Å². The quantitative estimate of drug-likeness (QED) is 0.677. The Bertz CT molecular complexity index is 976. The summed E-state index contributed by atoms with van der Waals surface area (Å²) in [6, 6.07) is 15.7. The van der Waals surface area contributed by atoms with Gasteiger partial charge in [0.15, 0.2) is 0 Å². The summed E-state index contributed by atoms with van der Waals surface area (Å²) >= 11 is 6.17. The van der Waals surface area contributed by atoms with E-state index in [-0.39, 0.29) is 30.0 Å². The molecule has 4 rings (SSSR count). The molecule has 2 atom stereocenters. The highest BCUT2D eigenvalue weighted by molar-refractivity contribution is 6.31. The Morgan fingerprint density at radius 3 is 2.61 bits per heavy atom. The van der Waals surface area contributed by atoms with Crippen LogP contribution in [0.1, 0.15) is 38.7 Å². The van der Waals surface area contributed by atoms with Gasteiger partial charge in [-0.25, -0.2) is 4.79 Å². The number of piperidine rings is 1. The van der Waals surface area contributed by atoms with Gasteiger partial charge in [-0.15, -0.1) is 0 Å². The second-order valence-electron chi connectivity index (χ2n) is 9.13. The molecule has 2 aromatic rings. The van der Waals surface area contributed by atoms with Crippen LogP contribution >= 0.6 is 11.6 Å². The second kappa shape index (κ2) is 10.5. The minimum absolute atomic E-state index is 0.0521. The molecule has 2 aliphatic heterocycles. The zero-order chi connectivity index (χ0) is 23.4. The number of amides is 3. The molecule has 0 spiro atoms. The Labute approximate surface area is 200 Å². The lowest BCUT2D eigenvalue weighted by Gasteiger charge is -2.39. The van der Waals surface area contributed by atoms with Gasteiger partial charge in [-0.3, -0.25) is 9.69 Å². The van der Waals surface area contributed by atoms with Crippen molar-refractivity contribution in [1.29, 1.82) is 0 Å². The first-order chi connectivity index (χ1) is 15.9. The van der Waals surface area contributed by atoms with Crippen molar-refractivity contribution in [3.63, 3.8) is 0 Å². The molecule has 3 amide bonds. The van der Waals surface area contributed by atoms with Crippen molar-refractivity contribution >= 4 is 29.2 Å². The predicted molar refractivity (Wildman–Crippen MR) is 131 cm³/mol. The van der Waals surface area contributed by atoms with Gasteiger partial charge in [0.05, 0.1) is 12.2 Å². The van der Waals surface area contributed by atoms with E-state index in [0.29, 0.717) is 48.9 Å². The fraction of sp³-hybridized carbons (Fsp3) is 0.462. The van der Waals surface area contributed by atoms with Crippen molar-refractivity contribution in [2.45, 2.75) is 51.7 Å². The highest BCUT2D eigenvalue weighted by Gasteiger charge is 2.34. The Kier molecular flexibility index (Phi) is 7.43. The number of nitrogens with zero attached hydrogens (tertiary/aromatic N) is 2. The number of benzene rings is 2. The molecule has 1 N–H and O–H groups in total. The standard InChI is InChI=1S/C26H32ClN3O3/c1-18(8-9-20-6-4-3-5-7-20)28-25(31)21-12-14-29(15-13-21)26(32)30-17-19(2)33-24-11-10-22(27)16-23(24)30/h3-7,10-11,16,18-19,21H,8-9,12-15,17H2,1-2H3,(H,28,31)/t18-,19-/m0/s1. The highest BCUT2D eigenvalue weighted by Crippen LogP contribution is 2.36. The molecule has 2 aliphatic rings. The SMILES string of the molecule is C[C@@H](CCc1ccccc1)NC(=O)C1CCN(C(=O)N2C[C@H](C)Oc3ccc(Cl)cc32)CC1. The van der Waals surface area contributed by atoms with Gasteiger partial charge in [0.25, 0.3) is 0 Å². The summed E-state index contributed by atoms with van der Waals surface area (Å²) in [4.78, 5) is 29.7. The lowest BCUT2D eigenvalue weighted by molar-refractivity contribution is -0.126. The first-order valence-corrected chi connectivity index (χ1v) is 12.2. The summed E-state index contributed by atoms with van der Waals surface area (Å²) in [7, 11) is 0. The van der Waals surface area contributed by atoms with Gasteiger partial charge in [0.1, 0.15) is 11.9 Å². The van der Waals surface area contributed by atoms with E-state index in [4.69, 9.17) is 16.3 Å². The van der Waals surface area contributed by atoms with E-state index >= 15 is 0 Å². The topological polar surface area (TPSA) is 61.9 Å². The van der Waals surface area contributed by atoms with Gasteiger partial charge in [0.2, 0.25) is 5.91 Å². The van der Waals surface area contributed by atoms with Gasteiger partial charge >= 0.3 is 6.03 Å². The number of carbonyl (C=O) groups excluding carboxylic acids is 2. The third-order valence-electron chi connectivity index (χ3n) is 6.44. The lowest BCUT2D eigenvalue weighted by Crippen LogP contribution is -2.52. The molecule has 6 nitrogen and oxygen atoms in total. The Hall–Kier alpha value is -2.73. The van der Waals surface area contributed by atoms with Crippen LogP contribution in [-0.2, 0) is 11.2 Å². The summed E-state index contributed by atoms with van der Waals surface area (Å²) in [5, 5.41) is 3.74. The van der Waals surface area contributed by atoms with Crippen LogP contribution in [0, 0.1) is 5.92 Å². The predicted octanol–water partition coefficient (Wildman–Crippen LogP) is 4.90. The molecule has 1 fully saturated rings. The van der Waals surface area contributed by atoms with Gasteiger partial charge in [0, 0.05) is 30.1 Å². The molecule has 33 heavy (non-hydrogen) atoms. The monoisotopic (exact) mass is 469 g/mol. The van der Waals surface area contributed by atoms with Crippen LogP contribution < -0.4 is 15.0 Å². The van der Waals surface area contributed by atoms with E-state index < -0.39 is 0 Å². The largest absolute Gasteiger partial charge is 0.487 e. The highest BCUT2D eigenvalue weighted by atomic mass is 35.5. The van der Waals surface area contributed by atoms with E-state index in [1.165, 1.54) is 5.56 Å². The molecule has 176 valence electrons. The maximum absolute atomic E-state index is 13.3. The minimum Gasteiger partial charge on any atom is -0.487 e. The van der Waals surface area contributed by atoms with Crippen molar-refractivity contribution in [1.82, 2.24) is 10.2 Å². The fourth-order valence-electron chi connectivity index (χ4n) is 4.56. The number of rotatable bonds is 5. The smallest absolute Gasteiger partial charge is 0.324 e. The molecule has 0 unspecified atom stereocenters. The van der Waals surface area contributed by atoms with Crippen molar-refractivity contribution in [2.24, 2.45) is 5.92 Å². The van der Waals surface area contributed by atoms with Gasteiger partial charge in [-0.05, 0) is 63.3 Å². The van der Waals surface area contributed by atoms with Crippen LogP contribution in [0.4, 0.5) is 10.5 Å². The number of likely N-dealkylation sites (tertiary alicyclic amines) is 1. The Morgan fingerprint density at radius 1 is 1.15 bits per heavy atom. The van der Waals surface area contributed by atoms with Crippen LogP contribution in [0.25, 0.3) is 0 Å². The number of fused-ring (bicyclic) bond motifs is 1. The molecular weight excluding hydrogens is 438 g/mol. The first kappa shape index (κ1) is 23.4. The number of halogens is 1. The second-order valence-corrected chi connectivity index (χ2v) is 9.57. The average Bonchev–Trinajstić information content (AvgIpc) is 2.83. The third-order valence-corrected chi connectivity index (χ3v) is 6.68. The number of anilines is 1. The Morgan fingerprint density at radius 2 is 1.88 bits per heavy atom. The fourth-order valence-corrected chi connectivity index (χ4v) is 4.72. The normalized spacial score (nSPS) is 19.4. The summed E-state index contributed by atoms with van der Waals surface area (Å²) in [5.74, 6) is 0.712. The Balaban J connectivity index is 1.28. The van der Waals surface area contributed by atoms with E-state index in [1.807, 2.05) is 36.1 Å². The molecule has 0 radical (unpaired) electrons. The van der Waals surface area contributed by atoms with Crippen LogP contribution in [0.15, 0.2) is 48.5 Å². The zero-order valence-corrected chi connectivity index (χ0v) is 20.1. The van der Waals surface area contributed by atoms with Gasteiger partial charge in [-0.2, -0.15) is 0 Å². The van der Waals surface area contributed by atoms with Crippen LogP contribution in [0.3, 0.4) is 0 Å². The van der Waals surface area contributed by atoms with E-state index in [1.54, 1.807) is 17.0 Å². The number of ether oxygens (including phenoxy) is 1. The number of hydrogen-bond acceptors (Lipinski definition) is 3. The molecule has 0 aromatic heterocycles. The summed E-state index contributed by atoms with van der Waals surface area (Å²) in [6.45, 7) is 5.62. The number of hydrogen-bond donors (Lipinski definition) is 1. The summed E-state index contributed by atoms with van der Waals surface area (Å²) in [5.41, 5.74) is 1.99. The van der Waals surface area contributed by atoms with Gasteiger partial charge in [-0.1, -0.05) is 41.9 Å². The van der Waals surface area contributed by atoms with Crippen molar-refractivity contribution < 1.29 is 14.3 Å². The molecular formula is C26H32ClN3O3. The minimum atomic E-state index is -0.0942. The van der Waals surface area contributed by atoms with Crippen molar-refractivity contribution in [3.8, 4) is 5.75 Å². The molecule has 0 bridgehead atoms. The van der Waals surface area contributed by atoms with Crippen LogP contribution in [0.2, 0.25) is 5.02 Å². The summed E-state index contributed by atoms with van der Waals surface area (Å²) in [6.07, 6.45) is 3.10. The van der Waals surface area contributed by atoms with E-state index in [9.17, 15) is 9.59 Å². The van der Waals surface area contributed by atoms with Crippen molar-refractivity contribution in [2.75, 3.05) is 24.5 Å². The lowest BCUT2D eigenvalue weighted by atomic mass is 9.95. The zero-order valence-electron chi connectivity index (χ0n) is 19.3. The number of nitrogens with one attached hydrogen (secondary N) is 1. The molecule has 1 saturated heterocycles.